The number of fused-ring (bicyclic) bond motifs is 1. The molecule has 4 heteroatoms. The zero-order valence-corrected chi connectivity index (χ0v) is 11.0. The van der Waals surface area contributed by atoms with Gasteiger partial charge in [0.1, 0.15) is 0 Å². The molecular formula is C13H16ClN3. The zero-order chi connectivity index (χ0) is 12.6. The number of anilines is 1. The lowest BCUT2D eigenvalue weighted by molar-refractivity contribution is 1.06. The Labute approximate surface area is 106 Å². The van der Waals surface area contributed by atoms with Gasteiger partial charge in [0.25, 0.3) is 0 Å². The second kappa shape index (κ2) is 4.51. The summed E-state index contributed by atoms with van der Waals surface area (Å²) in [5.74, 6) is 5.64. The molecular weight excluding hydrogens is 234 g/mol. The molecule has 17 heavy (non-hydrogen) atoms. The van der Waals surface area contributed by atoms with Crippen LogP contribution in [0.15, 0.2) is 12.1 Å². The number of pyridine rings is 1. The molecule has 1 aromatic carbocycles. The third-order valence-electron chi connectivity index (χ3n) is 3.07. The maximum Gasteiger partial charge on any atom is 0.0741 e. The van der Waals surface area contributed by atoms with Gasteiger partial charge >= 0.3 is 0 Å². The Morgan fingerprint density at radius 1 is 1.35 bits per heavy atom. The van der Waals surface area contributed by atoms with Crippen LogP contribution in [0.4, 0.5) is 5.69 Å². The van der Waals surface area contributed by atoms with Crippen molar-refractivity contribution in [3.8, 4) is 0 Å². The maximum atomic E-state index is 6.12. The smallest absolute Gasteiger partial charge is 0.0741 e. The van der Waals surface area contributed by atoms with Crippen LogP contribution in [0, 0.1) is 13.8 Å². The fourth-order valence-electron chi connectivity index (χ4n) is 2.15. The molecule has 90 valence electrons. The summed E-state index contributed by atoms with van der Waals surface area (Å²) in [5.41, 5.74) is 7.80. The van der Waals surface area contributed by atoms with E-state index in [0.29, 0.717) is 0 Å². The molecule has 0 aliphatic rings. The third-order valence-corrected chi connectivity index (χ3v) is 3.48. The Balaban J connectivity index is 2.89. The van der Waals surface area contributed by atoms with Crippen molar-refractivity contribution in [1.29, 1.82) is 0 Å². The Hall–Kier alpha value is -1.32. The molecule has 0 fully saturated rings. The molecule has 1 aromatic heterocycles. The molecule has 0 spiro atoms. The summed E-state index contributed by atoms with van der Waals surface area (Å²) in [6, 6.07) is 3.91. The Morgan fingerprint density at radius 2 is 2.06 bits per heavy atom. The second-order valence-electron chi connectivity index (χ2n) is 4.17. The van der Waals surface area contributed by atoms with Crippen molar-refractivity contribution in [2.45, 2.75) is 27.2 Å². The van der Waals surface area contributed by atoms with Gasteiger partial charge in [-0.1, -0.05) is 18.5 Å². The van der Waals surface area contributed by atoms with E-state index in [2.05, 4.69) is 17.3 Å². The van der Waals surface area contributed by atoms with Crippen molar-refractivity contribution in [1.82, 2.24) is 4.98 Å². The third kappa shape index (κ3) is 1.96. The van der Waals surface area contributed by atoms with E-state index in [1.807, 2.05) is 26.0 Å². The molecule has 2 aromatic rings. The van der Waals surface area contributed by atoms with Crippen LogP contribution in [-0.4, -0.2) is 4.98 Å². The second-order valence-corrected chi connectivity index (χ2v) is 4.57. The molecule has 0 aliphatic carbocycles. The van der Waals surface area contributed by atoms with Crippen LogP contribution in [0.1, 0.15) is 23.7 Å². The van der Waals surface area contributed by atoms with Crippen LogP contribution in [-0.2, 0) is 6.42 Å². The van der Waals surface area contributed by atoms with E-state index in [9.17, 15) is 0 Å². The first-order valence-corrected chi connectivity index (χ1v) is 6.02. The van der Waals surface area contributed by atoms with E-state index in [1.54, 1.807) is 0 Å². The van der Waals surface area contributed by atoms with Crippen molar-refractivity contribution in [2.24, 2.45) is 5.84 Å². The number of nitrogens with zero attached hydrogens (tertiary/aromatic N) is 1. The van der Waals surface area contributed by atoms with E-state index < -0.39 is 0 Å². The number of hydrazine groups is 1. The molecule has 0 atom stereocenters. The van der Waals surface area contributed by atoms with Gasteiger partial charge in [0.15, 0.2) is 0 Å². The van der Waals surface area contributed by atoms with Crippen LogP contribution >= 0.6 is 11.6 Å². The molecule has 3 N–H and O–H groups in total. The molecule has 0 bridgehead atoms. The standard InChI is InChI=1S/C13H16ClN3/c1-4-9-8(3)16-12-6-11(14)7(2)5-10(12)13(9)17-15/h5-6H,4,15H2,1-3H3,(H,16,17). The summed E-state index contributed by atoms with van der Waals surface area (Å²) >= 11 is 6.12. The SMILES string of the molecule is CCc1c(C)nc2cc(Cl)c(C)cc2c1NN. The lowest BCUT2D eigenvalue weighted by Gasteiger charge is -2.14. The van der Waals surface area contributed by atoms with Crippen molar-refractivity contribution in [2.75, 3.05) is 5.43 Å². The van der Waals surface area contributed by atoms with E-state index >= 15 is 0 Å². The number of halogens is 1. The predicted molar refractivity (Wildman–Crippen MR) is 73.4 cm³/mol. The van der Waals surface area contributed by atoms with Gasteiger partial charge in [-0.05, 0) is 43.5 Å². The van der Waals surface area contributed by atoms with Crippen LogP contribution in [0.5, 0.6) is 0 Å². The lowest BCUT2D eigenvalue weighted by Crippen LogP contribution is -2.11. The fourth-order valence-corrected chi connectivity index (χ4v) is 2.31. The van der Waals surface area contributed by atoms with Gasteiger partial charge in [0.2, 0.25) is 0 Å². The van der Waals surface area contributed by atoms with Gasteiger partial charge in [-0.15, -0.1) is 0 Å². The zero-order valence-electron chi connectivity index (χ0n) is 10.3. The highest BCUT2D eigenvalue weighted by molar-refractivity contribution is 6.32. The minimum atomic E-state index is 0.733. The first-order chi connectivity index (χ1) is 8.08. The highest BCUT2D eigenvalue weighted by atomic mass is 35.5. The van der Waals surface area contributed by atoms with Crippen molar-refractivity contribution < 1.29 is 0 Å². The molecule has 1 heterocycles. The summed E-state index contributed by atoms with van der Waals surface area (Å²) < 4.78 is 0. The number of nitrogens with two attached hydrogens (primary N) is 1. The summed E-state index contributed by atoms with van der Waals surface area (Å²) in [5, 5.41) is 1.76. The number of hydrogen-bond acceptors (Lipinski definition) is 3. The maximum absolute atomic E-state index is 6.12. The van der Waals surface area contributed by atoms with Crippen LogP contribution in [0.25, 0.3) is 10.9 Å². The molecule has 2 rings (SSSR count). The predicted octanol–water partition coefficient (Wildman–Crippen LogP) is 3.35. The van der Waals surface area contributed by atoms with Crippen LogP contribution in [0.2, 0.25) is 5.02 Å². The highest BCUT2D eigenvalue weighted by Crippen LogP contribution is 2.31. The quantitative estimate of drug-likeness (QED) is 0.634. The average Bonchev–Trinajstić information content (AvgIpc) is 2.30. The summed E-state index contributed by atoms with van der Waals surface area (Å²) in [7, 11) is 0. The molecule has 0 unspecified atom stereocenters. The van der Waals surface area contributed by atoms with E-state index in [4.69, 9.17) is 17.4 Å². The summed E-state index contributed by atoms with van der Waals surface area (Å²) in [6.07, 6.45) is 0.899. The monoisotopic (exact) mass is 249 g/mol. The Kier molecular flexibility index (Phi) is 3.22. The molecule has 0 aliphatic heterocycles. The van der Waals surface area contributed by atoms with E-state index in [0.717, 1.165) is 44.9 Å². The van der Waals surface area contributed by atoms with Crippen LogP contribution < -0.4 is 11.3 Å². The largest absolute Gasteiger partial charge is 0.323 e. The summed E-state index contributed by atoms with van der Waals surface area (Å²) in [6.45, 7) is 6.07. The molecule has 0 amide bonds. The summed E-state index contributed by atoms with van der Waals surface area (Å²) in [4.78, 5) is 4.58. The van der Waals surface area contributed by atoms with Crippen molar-refractivity contribution in [3.63, 3.8) is 0 Å². The number of aryl methyl sites for hydroxylation is 2. The van der Waals surface area contributed by atoms with Gasteiger partial charge in [0.05, 0.1) is 11.2 Å². The average molecular weight is 250 g/mol. The molecule has 3 nitrogen and oxygen atoms in total. The molecule has 0 saturated heterocycles. The molecule has 0 saturated carbocycles. The van der Waals surface area contributed by atoms with Gasteiger partial charge < -0.3 is 5.43 Å². The number of rotatable bonds is 2. The Bertz CT molecular complexity index is 579. The first kappa shape index (κ1) is 12.1. The minimum Gasteiger partial charge on any atom is -0.323 e. The van der Waals surface area contributed by atoms with Gasteiger partial charge in [-0.2, -0.15) is 0 Å². The number of benzene rings is 1. The fraction of sp³-hybridized carbons (Fsp3) is 0.308. The van der Waals surface area contributed by atoms with Crippen molar-refractivity contribution >= 4 is 28.2 Å². The number of nitrogens with one attached hydrogen (secondary N) is 1. The highest BCUT2D eigenvalue weighted by Gasteiger charge is 2.11. The minimum absolute atomic E-state index is 0.733. The Morgan fingerprint density at radius 3 is 2.65 bits per heavy atom. The normalized spacial score (nSPS) is 10.9. The van der Waals surface area contributed by atoms with Gasteiger partial charge in [-0.25, -0.2) is 0 Å². The van der Waals surface area contributed by atoms with E-state index in [1.165, 1.54) is 0 Å². The van der Waals surface area contributed by atoms with Crippen molar-refractivity contribution in [3.05, 3.63) is 34.0 Å². The number of nitrogen functional groups attached to an aromatic ring is 1. The number of aromatic nitrogens is 1. The molecule has 0 radical (unpaired) electrons. The van der Waals surface area contributed by atoms with Crippen LogP contribution in [0.3, 0.4) is 0 Å². The van der Waals surface area contributed by atoms with Gasteiger partial charge in [-0.3, -0.25) is 10.8 Å². The lowest BCUT2D eigenvalue weighted by atomic mass is 10.0. The number of hydrogen-bond donors (Lipinski definition) is 2. The van der Waals surface area contributed by atoms with Gasteiger partial charge in [0, 0.05) is 16.1 Å². The van der Waals surface area contributed by atoms with E-state index in [-0.39, 0.29) is 0 Å². The first-order valence-electron chi connectivity index (χ1n) is 5.64. The topological polar surface area (TPSA) is 50.9 Å².